The lowest BCUT2D eigenvalue weighted by atomic mass is 9.94. The van der Waals surface area contributed by atoms with E-state index in [9.17, 15) is 14.7 Å². The molecule has 1 aromatic rings. The Bertz CT molecular complexity index is 717. The minimum absolute atomic E-state index is 0.0193. The molecule has 2 N–H and O–H groups in total. The number of hydrogen-bond acceptors (Lipinski definition) is 7. The third kappa shape index (κ3) is 6.96. The average Bonchev–Trinajstić information content (AvgIpc) is 2.74. The van der Waals surface area contributed by atoms with Crippen molar-refractivity contribution in [1.82, 2.24) is 20.1 Å². The Morgan fingerprint density at radius 1 is 1.26 bits per heavy atom. The smallest absolute Gasteiger partial charge is 0.254 e. The van der Waals surface area contributed by atoms with E-state index in [0.717, 1.165) is 13.0 Å². The number of β-amino-alcohol motifs (C(OH)–C–C–N with tert-alkyl or cyclic N) is 1. The maximum atomic E-state index is 13.1. The summed E-state index contributed by atoms with van der Waals surface area (Å²) < 4.78 is 11.8. The van der Waals surface area contributed by atoms with Gasteiger partial charge in [-0.05, 0) is 52.0 Å². The summed E-state index contributed by atoms with van der Waals surface area (Å²) in [4.78, 5) is 33.2. The lowest BCUT2D eigenvalue weighted by Gasteiger charge is -2.44. The molecule has 2 fully saturated rings. The number of amides is 2. The standard InChI is InChI=1S/C22H34N4O5/c1-25(2)11-3-8-24-21(28)12-18-4-5-19-20(31-18)15-30-14-17(27)13-26(19)22(29)16-6-9-23-10-7-16/h6-7,9-10,17-20,27H,3-5,8,11-15H2,1-2H3,(H,24,28)/t17-,18-,19+,20-/m1/s1. The molecule has 0 bridgehead atoms. The average molecular weight is 435 g/mol. The number of carbonyl (C=O) groups excluding carboxylic acids is 2. The molecular weight excluding hydrogens is 400 g/mol. The first-order chi connectivity index (χ1) is 14.9. The first-order valence-electron chi connectivity index (χ1n) is 11.0. The van der Waals surface area contributed by atoms with Crippen molar-refractivity contribution in [2.45, 2.75) is 50.0 Å². The molecule has 2 amide bonds. The first kappa shape index (κ1) is 23.6. The van der Waals surface area contributed by atoms with Crippen LogP contribution in [0.1, 0.15) is 36.0 Å². The maximum absolute atomic E-state index is 13.1. The number of aliphatic hydroxyl groups is 1. The Morgan fingerprint density at radius 3 is 2.77 bits per heavy atom. The summed E-state index contributed by atoms with van der Waals surface area (Å²) in [6.45, 7) is 2.18. The van der Waals surface area contributed by atoms with Gasteiger partial charge in [0.15, 0.2) is 0 Å². The number of nitrogens with zero attached hydrogens (tertiary/aromatic N) is 3. The van der Waals surface area contributed by atoms with Crippen LogP contribution in [0.3, 0.4) is 0 Å². The molecule has 4 atom stereocenters. The van der Waals surface area contributed by atoms with Gasteiger partial charge in [0.2, 0.25) is 5.91 Å². The number of aromatic nitrogens is 1. The van der Waals surface area contributed by atoms with Crippen LogP contribution in [-0.2, 0) is 14.3 Å². The molecule has 3 heterocycles. The summed E-state index contributed by atoms with van der Waals surface area (Å²) >= 11 is 0. The molecule has 2 saturated heterocycles. The van der Waals surface area contributed by atoms with E-state index in [2.05, 4.69) is 15.2 Å². The molecule has 3 rings (SSSR count). The maximum Gasteiger partial charge on any atom is 0.254 e. The molecule has 172 valence electrons. The molecule has 1 aromatic heterocycles. The predicted molar refractivity (Wildman–Crippen MR) is 115 cm³/mol. The van der Waals surface area contributed by atoms with Crippen LogP contribution >= 0.6 is 0 Å². The Balaban J connectivity index is 1.59. The van der Waals surface area contributed by atoms with Gasteiger partial charge >= 0.3 is 0 Å². The minimum Gasteiger partial charge on any atom is -0.389 e. The highest BCUT2D eigenvalue weighted by Crippen LogP contribution is 2.28. The van der Waals surface area contributed by atoms with Gasteiger partial charge in [-0.3, -0.25) is 14.6 Å². The van der Waals surface area contributed by atoms with Crippen LogP contribution in [0.5, 0.6) is 0 Å². The van der Waals surface area contributed by atoms with Crippen LogP contribution in [-0.4, -0.2) is 103 Å². The van der Waals surface area contributed by atoms with Gasteiger partial charge < -0.3 is 29.7 Å². The van der Waals surface area contributed by atoms with Crippen molar-refractivity contribution in [2.24, 2.45) is 0 Å². The molecule has 2 aliphatic heterocycles. The number of carbonyl (C=O) groups is 2. The van der Waals surface area contributed by atoms with Gasteiger partial charge in [-0.1, -0.05) is 0 Å². The number of aliphatic hydroxyl groups excluding tert-OH is 1. The van der Waals surface area contributed by atoms with E-state index >= 15 is 0 Å². The lowest BCUT2D eigenvalue weighted by molar-refractivity contribution is -0.150. The van der Waals surface area contributed by atoms with E-state index in [-0.39, 0.29) is 49.8 Å². The van der Waals surface area contributed by atoms with E-state index in [0.29, 0.717) is 31.4 Å². The normalized spacial score (nSPS) is 26.6. The largest absolute Gasteiger partial charge is 0.389 e. The molecule has 0 spiro atoms. The van der Waals surface area contributed by atoms with Crippen LogP contribution in [0.25, 0.3) is 0 Å². The molecule has 2 aliphatic rings. The topological polar surface area (TPSA) is 104 Å². The molecule has 0 aliphatic carbocycles. The van der Waals surface area contributed by atoms with Gasteiger partial charge in [0.25, 0.3) is 5.91 Å². The van der Waals surface area contributed by atoms with Gasteiger partial charge in [0.05, 0.1) is 37.9 Å². The van der Waals surface area contributed by atoms with Crippen LogP contribution in [0.4, 0.5) is 0 Å². The highest BCUT2D eigenvalue weighted by atomic mass is 16.5. The second-order valence-electron chi connectivity index (χ2n) is 8.54. The molecule has 9 heteroatoms. The zero-order valence-electron chi connectivity index (χ0n) is 18.4. The number of fused-ring (bicyclic) bond motifs is 1. The van der Waals surface area contributed by atoms with Gasteiger partial charge in [-0.25, -0.2) is 0 Å². The van der Waals surface area contributed by atoms with Gasteiger partial charge in [0, 0.05) is 31.0 Å². The van der Waals surface area contributed by atoms with Crippen molar-refractivity contribution >= 4 is 11.8 Å². The molecule has 9 nitrogen and oxygen atoms in total. The third-order valence-electron chi connectivity index (χ3n) is 5.69. The number of nitrogens with one attached hydrogen (secondary N) is 1. The highest BCUT2D eigenvalue weighted by Gasteiger charge is 2.40. The van der Waals surface area contributed by atoms with Gasteiger partial charge in [0.1, 0.15) is 6.10 Å². The second kappa shape index (κ2) is 11.5. The summed E-state index contributed by atoms with van der Waals surface area (Å²) in [5, 5.41) is 13.2. The van der Waals surface area contributed by atoms with Crippen LogP contribution in [0.2, 0.25) is 0 Å². The molecule has 0 radical (unpaired) electrons. The fourth-order valence-electron chi connectivity index (χ4n) is 4.14. The van der Waals surface area contributed by atoms with E-state index in [4.69, 9.17) is 9.47 Å². The minimum atomic E-state index is -0.752. The van der Waals surface area contributed by atoms with Crippen molar-refractivity contribution in [3.05, 3.63) is 30.1 Å². The molecule has 0 saturated carbocycles. The lowest BCUT2D eigenvalue weighted by Crippen LogP contribution is -2.57. The van der Waals surface area contributed by atoms with Crippen molar-refractivity contribution in [3.8, 4) is 0 Å². The summed E-state index contributed by atoms with van der Waals surface area (Å²) in [5.74, 6) is -0.173. The summed E-state index contributed by atoms with van der Waals surface area (Å²) in [5.41, 5.74) is 0.529. The van der Waals surface area contributed by atoms with Crippen LogP contribution in [0.15, 0.2) is 24.5 Å². The Labute approximate surface area is 183 Å². The van der Waals surface area contributed by atoms with E-state index < -0.39 is 6.10 Å². The number of rotatable bonds is 7. The van der Waals surface area contributed by atoms with E-state index in [1.54, 1.807) is 29.4 Å². The number of pyridine rings is 1. The summed E-state index contributed by atoms with van der Waals surface area (Å²) in [6, 6.07) is 3.13. The molecular formula is C22H34N4O5. The zero-order chi connectivity index (χ0) is 22.2. The van der Waals surface area contributed by atoms with Gasteiger partial charge in [-0.15, -0.1) is 0 Å². The Morgan fingerprint density at radius 2 is 2.03 bits per heavy atom. The molecule has 31 heavy (non-hydrogen) atoms. The Kier molecular flexibility index (Phi) is 8.77. The Hall–Kier alpha value is -2.07. The van der Waals surface area contributed by atoms with Crippen LogP contribution < -0.4 is 5.32 Å². The monoisotopic (exact) mass is 434 g/mol. The fourth-order valence-corrected chi connectivity index (χ4v) is 4.14. The number of hydrogen-bond donors (Lipinski definition) is 2. The predicted octanol–water partition coefficient (Wildman–Crippen LogP) is 0.289. The zero-order valence-corrected chi connectivity index (χ0v) is 18.4. The number of ether oxygens (including phenoxy) is 2. The molecule has 0 unspecified atom stereocenters. The van der Waals surface area contributed by atoms with Gasteiger partial charge in [-0.2, -0.15) is 0 Å². The third-order valence-corrected chi connectivity index (χ3v) is 5.69. The molecule has 0 aromatic carbocycles. The summed E-state index contributed by atoms with van der Waals surface area (Å²) in [7, 11) is 4.01. The van der Waals surface area contributed by atoms with Crippen LogP contribution in [0, 0.1) is 0 Å². The quantitative estimate of drug-likeness (QED) is 0.595. The van der Waals surface area contributed by atoms with Crippen molar-refractivity contribution in [1.29, 1.82) is 0 Å². The SMILES string of the molecule is CN(C)CCCNC(=O)C[C@H]1CC[C@H]2[C@@H](COC[C@H](O)CN2C(=O)c2ccncc2)O1. The van der Waals surface area contributed by atoms with E-state index in [1.165, 1.54) is 0 Å². The fraction of sp³-hybridized carbons (Fsp3) is 0.682. The van der Waals surface area contributed by atoms with E-state index in [1.807, 2.05) is 14.1 Å². The van der Waals surface area contributed by atoms with Crippen molar-refractivity contribution < 1.29 is 24.2 Å². The van der Waals surface area contributed by atoms with Crippen molar-refractivity contribution in [2.75, 3.05) is 46.9 Å². The van der Waals surface area contributed by atoms with Crippen molar-refractivity contribution in [3.63, 3.8) is 0 Å². The second-order valence-corrected chi connectivity index (χ2v) is 8.54. The first-order valence-corrected chi connectivity index (χ1v) is 11.0. The summed E-state index contributed by atoms with van der Waals surface area (Å²) in [6.07, 6.45) is 4.43. The highest BCUT2D eigenvalue weighted by molar-refractivity contribution is 5.94.